The third kappa shape index (κ3) is 4.35. The van der Waals surface area contributed by atoms with Gasteiger partial charge in [-0.2, -0.15) is 0 Å². The monoisotopic (exact) mass is 334 g/mol. The number of nitrogens with one attached hydrogen (secondary N) is 2. The number of amides is 1. The van der Waals surface area contributed by atoms with Crippen molar-refractivity contribution in [3.63, 3.8) is 0 Å². The van der Waals surface area contributed by atoms with Crippen LogP contribution in [0.5, 0.6) is 0 Å². The van der Waals surface area contributed by atoms with Gasteiger partial charge in [0, 0.05) is 14.1 Å². The van der Waals surface area contributed by atoms with Crippen LogP contribution in [0.4, 0.5) is 10.1 Å². The van der Waals surface area contributed by atoms with Crippen LogP contribution in [0.1, 0.15) is 35.1 Å². The first-order valence-electron chi connectivity index (χ1n) is 8.26. The van der Waals surface area contributed by atoms with Gasteiger partial charge in [0.05, 0.1) is 18.4 Å². The van der Waals surface area contributed by atoms with Gasteiger partial charge in [0.2, 0.25) is 5.91 Å². The van der Waals surface area contributed by atoms with E-state index in [1.807, 2.05) is 39.0 Å². The summed E-state index contributed by atoms with van der Waals surface area (Å²) in [5, 5.41) is 6.06. The van der Waals surface area contributed by atoms with Crippen LogP contribution in [-0.4, -0.2) is 28.5 Å². The number of hydrogen-bond acceptors (Lipinski definition) is 4. The fourth-order valence-electron chi connectivity index (χ4n) is 2.53. The third-order valence-corrected chi connectivity index (χ3v) is 3.74. The third-order valence-electron chi connectivity index (χ3n) is 3.74. The minimum atomic E-state index is -0.474. The Balaban J connectivity index is 0.00000151. The van der Waals surface area contributed by atoms with Gasteiger partial charge in [-0.3, -0.25) is 4.79 Å². The Kier molecular flexibility index (Phi) is 6.37. The minimum Gasteiger partial charge on any atom is -0.325 e. The van der Waals surface area contributed by atoms with E-state index in [9.17, 15) is 9.18 Å². The van der Waals surface area contributed by atoms with E-state index < -0.39 is 5.82 Å². The molecular weight excluding hydrogens is 307 g/mol. The molecule has 3 rings (SSSR count). The maximum atomic E-state index is 12.9. The lowest BCUT2D eigenvalue weighted by atomic mass is 10.1. The molecule has 0 saturated carbocycles. The van der Waals surface area contributed by atoms with Crippen molar-refractivity contribution in [3.8, 4) is 11.4 Å². The average Bonchev–Trinajstić information content (AvgIpc) is 3.14. The van der Waals surface area contributed by atoms with Crippen LogP contribution in [0.3, 0.4) is 0 Å². The molecule has 1 aliphatic heterocycles. The summed E-state index contributed by atoms with van der Waals surface area (Å²) in [7, 11) is 0. The zero-order valence-corrected chi connectivity index (χ0v) is 14.3. The van der Waals surface area contributed by atoms with Crippen LogP contribution in [-0.2, 0) is 4.79 Å². The van der Waals surface area contributed by atoms with E-state index in [1.165, 1.54) is 0 Å². The number of aryl methyl sites for hydroxylation is 1. The van der Waals surface area contributed by atoms with Gasteiger partial charge in [-0.15, -0.1) is 0 Å². The molecule has 2 heterocycles. The number of aromatic nitrogens is 2. The molecule has 2 N–H and O–H groups in total. The predicted molar refractivity (Wildman–Crippen MR) is 97.4 cm³/mol. The highest BCUT2D eigenvalue weighted by Crippen LogP contribution is 2.24. The Morgan fingerprint density at radius 3 is 2.67 bits per heavy atom. The standard InChI is InChI=1S/C16H17FN4O.C2H6.2H2/c1-10-4-5-12(21-16(22)14-3-2-6-18-14)7-13(10)15-19-8-11(17)9-20-15;1-2;;/h4-5,7-9,14,18H,2-3,6H2,1H3,(H,21,22);1-2H3;2*1H/t14-;;;/m1.../s1. The van der Waals surface area contributed by atoms with Crippen LogP contribution < -0.4 is 10.6 Å². The normalized spacial score (nSPS) is 16.2. The van der Waals surface area contributed by atoms with Crippen LogP contribution in [0.25, 0.3) is 11.4 Å². The lowest BCUT2D eigenvalue weighted by Gasteiger charge is -2.13. The highest BCUT2D eigenvalue weighted by atomic mass is 19.1. The number of nitrogens with zero attached hydrogens (tertiary/aromatic N) is 2. The Labute approximate surface area is 144 Å². The minimum absolute atomic E-state index is 0. The molecule has 1 saturated heterocycles. The summed E-state index contributed by atoms with van der Waals surface area (Å²) in [5.41, 5.74) is 2.42. The molecule has 24 heavy (non-hydrogen) atoms. The zero-order chi connectivity index (χ0) is 17.5. The number of carbonyl (C=O) groups is 1. The average molecular weight is 334 g/mol. The molecular formula is C18H27FN4O. The molecule has 1 aromatic heterocycles. The van der Waals surface area contributed by atoms with E-state index in [1.54, 1.807) is 0 Å². The molecule has 1 aliphatic rings. The van der Waals surface area contributed by atoms with Gasteiger partial charge < -0.3 is 10.6 Å². The quantitative estimate of drug-likeness (QED) is 0.896. The Morgan fingerprint density at radius 1 is 1.33 bits per heavy atom. The number of halogens is 1. The van der Waals surface area contributed by atoms with Gasteiger partial charge in [-0.1, -0.05) is 19.9 Å². The van der Waals surface area contributed by atoms with Crippen LogP contribution in [0.2, 0.25) is 0 Å². The molecule has 0 unspecified atom stereocenters. The zero-order valence-electron chi connectivity index (χ0n) is 14.3. The maximum Gasteiger partial charge on any atom is 0.241 e. The largest absolute Gasteiger partial charge is 0.325 e. The molecule has 0 radical (unpaired) electrons. The molecule has 0 aliphatic carbocycles. The molecule has 0 bridgehead atoms. The first-order chi connectivity index (χ1) is 11.6. The lowest BCUT2D eigenvalue weighted by molar-refractivity contribution is -0.117. The maximum absolute atomic E-state index is 12.9. The van der Waals surface area contributed by atoms with Crippen molar-refractivity contribution >= 4 is 11.6 Å². The summed E-state index contributed by atoms with van der Waals surface area (Å²) in [5.74, 6) is -0.0699. The molecule has 1 atom stereocenters. The van der Waals surface area contributed by atoms with Crippen LogP contribution in [0, 0.1) is 12.7 Å². The SMILES string of the molecule is CC.Cc1ccc(NC(=O)[C@H]2CCCN2)cc1-c1ncc(F)cn1.[HH].[HH]. The number of carbonyl (C=O) groups excluding carboxylic acids is 1. The Bertz CT molecular complexity index is 692. The van der Waals surface area contributed by atoms with E-state index in [0.717, 1.165) is 42.9 Å². The number of hydrogen-bond donors (Lipinski definition) is 2. The molecule has 1 amide bonds. The van der Waals surface area contributed by atoms with E-state index in [2.05, 4.69) is 20.6 Å². The van der Waals surface area contributed by atoms with Crippen molar-refractivity contribution in [2.24, 2.45) is 0 Å². The molecule has 1 aromatic carbocycles. The molecule has 2 aromatic rings. The number of benzene rings is 1. The van der Waals surface area contributed by atoms with Crippen molar-refractivity contribution in [1.29, 1.82) is 0 Å². The molecule has 0 spiro atoms. The highest BCUT2D eigenvalue weighted by Gasteiger charge is 2.22. The van der Waals surface area contributed by atoms with Crippen molar-refractivity contribution in [2.45, 2.75) is 39.7 Å². The van der Waals surface area contributed by atoms with Crippen molar-refractivity contribution in [1.82, 2.24) is 15.3 Å². The van der Waals surface area contributed by atoms with Crippen LogP contribution >= 0.6 is 0 Å². The summed E-state index contributed by atoms with van der Waals surface area (Å²) in [6.45, 7) is 6.80. The summed E-state index contributed by atoms with van der Waals surface area (Å²) in [4.78, 5) is 20.1. The highest BCUT2D eigenvalue weighted by molar-refractivity contribution is 5.95. The first-order valence-corrected chi connectivity index (χ1v) is 8.26. The molecule has 1 fully saturated rings. The van der Waals surface area contributed by atoms with Gasteiger partial charge in [-0.25, -0.2) is 14.4 Å². The fraction of sp³-hybridized carbons (Fsp3) is 0.389. The molecule has 132 valence electrons. The van der Waals surface area contributed by atoms with Crippen molar-refractivity contribution in [3.05, 3.63) is 42.0 Å². The van der Waals surface area contributed by atoms with Gasteiger partial charge in [0.25, 0.3) is 0 Å². The Morgan fingerprint density at radius 2 is 2.04 bits per heavy atom. The number of rotatable bonds is 3. The predicted octanol–water partition coefficient (Wildman–Crippen LogP) is 3.80. The van der Waals surface area contributed by atoms with Crippen molar-refractivity contribution < 1.29 is 12.0 Å². The summed E-state index contributed by atoms with van der Waals surface area (Å²) < 4.78 is 12.9. The fourth-order valence-corrected chi connectivity index (χ4v) is 2.53. The molecule has 5 nitrogen and oxygen atoms in total. The Hall–Kier alpha value is -2.34. The van der Waals surface area contributed by atoms with Gasteiger partial charge in [0.1, 0.15) is 0 Å². The number of anilines is 1. The summed E-state index contributed by atoms with van der Waals surface area (Å²) in [6, 6.07) is 5.41. The van der Waals surface area contributed by atoms with E-state index >= 15 is 0 Å². The second-order valence-electron chi connectivity index (χ2n) is 5.39. The smallest absolute Gasteiger partial charge is 0.241 e. The first kappa shape index (κ1) is 18.0. The van der Waals surface area contributed by atoms with Gasteiger partial charge in [-0.05, 0) is 44.0 Å². The summed E-state index contributed by atoms with van der Waals surface area (Å²) >= 11 is 0. The topological polar surface area (TPSA) is 66.9 Å². The second kappa shape index (κ2) is 8.49. The van der Waals surface area contributed by atoms with Crippen LogP contribution in [0.15, 0.2) is 30.6 Å². The van der Waals surface area contributed by atoms with Gasteiger partial charge >= 0.3 is 0 Å². The van der Waals surface area contributed by atoms with E-state index in [4.69, 9.17) is 0 Å². The lowest BCUT2D eigenvalue weighted by Crippen LogP contribution is -2.35. The van der Waals surface area contributed by atoms with E-state index in [0.29, 0.717) is 11.5 Å². The summed E-state index contributed by atoms with van der Waals surface area (Å²) in [6.07, 6.45) is 4.14. The van der Waals surface area contributed by atoms with Crippen molar-refractivity contribution in [2.75, 3.05) is 11.9 Å². The second-order valence-corrected chi connectivity index (χ2v) is 5.39. The van der Waals surface area contributed by atoms with Gasteiger partial charge in [0.15, 0.2) is 11.6 Å². The molecule has 6 heteroatoms. The van der Waals surface area contributed by atoms with E-state index in [-0.39, 0.29) is 14.8 Å².